The molecule has 0 atom stereocenters. The second-order valence-corrected chi connectivity index (χ2v) is 7.34. The number of carboxylic acid groups (broad SMARTS) is 1. The summed E-state index contributed by atoms with van der Waals surface area (Å²) in [7, 11) is 1.67. The molecule has 0 aliphatic rings. The summed E-state index contributed by atoms with van der Waals surface area (Å²) in [6.07, 6.45) is -3.24. The van der Waals surface area contributed by atoms with Crippen LogP contribution in [-0.2, 0) is 7.05 Å². The number of hydrogen-bond acceptors (Lipinski definition) is 5. The van der Waals surface area contributed by atoms with Gasteiger partial charge in [-0.2, -0.15) is 0 Å². The predicted octanol–water partition coefficient (Wildman–Crippen LogP) is 6.10. The van der Waals surface area contributed by atoms with E-state index >= 15 is 0 Å². The van der Waals surface area contributed by atoms with Crippen LogP contribution in [-0.4, -0.2) is 32.7 Å². The van der Waals surface area contributed by atoms with E-state index in [2.05, 4.69) is 14.7 Å². The summed E-state index contributed by atoms with van der Waals surface area (Å²) in [5, 5.41) is 10.0. The Morgan fingerprint density at radius 3 is 2.35 bits per heavy atom. The molecule has 0 spiro atoms. The zero-order valence-electron chi connectivity index (χ0n) is 18.0. The van der Waals surface area contributed by atoms with Crippen LogP contribution in [0.2, 0.25) is 0 Å². The number of carboxylic acids is 1. The van der Waals surface area contributed by atoms with Gasteiger partial charge in [-0.05, 0) is 61.0 Å². The Morgan fingerprint density at radius 1 is 1.03 bits per heavy atom. The molecule has 0 fully saturated rings. The van der Waals surface area contributed by atoms with E-state index in [1.54, 1.807) is 54.9 Å². The Bertz CT molecular complexity index is 1380. The van der Waals surface area contributed by atoms with Gasteiger partial charge in [0.25, 0.3) is 0 Å². The Kier molecular flexibility index (Phi) is 5.97. The number of aliphatic imine (C=N–C) groups is 1. The van der Waals surface area contributed by atoms with Gasteiger partial charge in [-0.25, -0.2) is 9.78 Å². The third-order valence-corrected chi connectivity index (χ3v) is 4.98. The molecule has 0 aliphatic heterocycles. The van der Waals surface area contributed by atoms with Crippen LogP contribution in [0.3, 0.4) is 0 Å². The second kappa shape index (κ2) is 8.89. The number of carbonyl (C=O) groups is 1. The standard InChI is InChI=1S/C24H18F3N3O4/c1-14(15-3-7-18(8-4-15)34-24(25,26)27)29-17-6-10-22(28-13-17)33-19-9-5-16-11-21(23(31)32)30(2)20(16)12-19/h3-13H,1-2H3,(H,31,32). The molecule has 0 unspecified atom stereocenters. The van der Waals surface area contributed by atoms with Crippen molar-refractivity contribution in [2.24, 2.45) is 12.0 Å². The third-order valence-electron chi connectivity index (χ3n) is 4.98. The maximum atomic E-state index is 12.3. The van der Waals surface area contributed by atoms with Crippen molar-refractivity contribution in [1.82, 2.24) is 9.55 Å². The van der Waals surface area contributed by atoms with E-state index in [1.165, 1.54) is 30.5 Å². The van der Waals surface area contributed by atoms with E-state index in [4.69, 9.17) is 4.74 Å². The lowest BCUT2D eigenvalue weighted by Gasteiger charge is -2.09. The van der Waals surface area contributed by atoms with Crippen LogP contribution in [0, 0.1) is 0 Å². The minimum atomic E-state index is -4.74. The highest BCUT2D eigenvalue weighted by Crippen LogP contribution is 2.28. The molecule has 0 aliphatic carbocycles. The smallest absolute Gasteiger partial charge is 0.477 e. The molecule has 10 heteroatoms. The zero-order chi connectivity index (χ0) is 24.5. The van der Waals surface area contributed by atoms with Crippen LogP contribution >= 0.6 is 0 Å². The first kappa shape index (κ1) is 22.8. The molecule has 0 amide bonds. The summed E-state index contributed by atoms with van der Waals surface area (Å²) in [4.78, 5) is 20.0. The summed E-state index contributed by atoms with van der Waals surface area (Å²) in [6, 6.07) is 15.5. The number of benzene rings is 2. The van der Waals surface area contributed by atoms with Gasteiger partial charge in [0.2, 0.25) is 5.88 Å². The fourth-order valence-electron chi connectivity index (χ4n) is 3.35. The van der Waals surface area contributed by atoms with E-state index in [0.29, 0.717) is 34.1 Å². The lowest BCUT2D eigenvalue weighted by atomic mass is 10.1. The van der Waals surface area contributed by atoms with Gasteiger partial charge in [0.1, 0.15) is 17.2 Å². The number of alkyl halides is 3. The fourth-order valence-corrected chi connectivity index (χ4v) is 3.35. The molecule has 0 saturated heterocycles. The van der Waals surface area contributed by atoms with Gasteiger partial charge in [-0.15, -0.1) is 13.2 Å². The van der Waals surface area contributed by atoms with Crippen molar-refractivity contribution < 1.29 is 32.5 Å². The molecule has 34 heavy (non-hydrogen) atoms. The SMILES string of the molecule is CC(=Nc1ccc(Oc2ccc3cc(C(=O)O)n(C)c3c2)nc1)c1ccc(OC(F)(F)F)cc1. The van der Waals surface area contributed by atoms with Crippen molar-refractivity contribution in [2.75, 3.05) is 0 Å². The number of nitrogens with zero attached hydrogens (tertiary/aromatic N) is 3. The van der Waals surface area contributed by atoms with E-state index in [0.717, 1.165) is 5.39 Å². The molecule has 4 rings (SSSR count). The Morgan fingerprint density at radius 2 is 1.74 bits per heavy atom. The van der Waals surface area contributed by atoms with Crippen molar-refractivity contribution >= 4 is 28.3 Å². The first-order valence-electron chi connectivity index (χ1n) is 9.97. The lowest BCUT2D eigenvalue weighted by molar-refractivity contribution is -0.274. The average molecular weight is 469 g/mol. The van der Waals surface area contributed by atoms with Crippen molar-refractivity contribution in [1.29, 1.82) is 0 Å². The number of hydrogen-bond donors (Lipinski definition) is 1. The number of rotatable bonds is 6. The second-order valence-electron chi connectivity index (χ2n) is 7.34. The highest BCUT2D eigenvalue weighted by molar-refractivity contribution is 6.00. The van der Waals surface area contributed by atoms with Crippen molar-refractivity contribution in [3.63, 3.8) is 0 Å². The van der Waals surface area contributed by atoms with Crippen LogP contribution in [0.15, 0.2) is 71.9 Å². The van der Waals surface area contributed by atoms with Crippen molar-refractivity contribution in [2.45, 2.75) is 13.3 Å². The Labute approximate surface area is 191 Å². The van der Waals surface area contributed by atoms with E-state index in [1.807, 2.05) is 0 Å². The molecule has 0 bridgehead atoms. The van der Waals surface area contributed by atoms with Crippen LogP contribution in [0.5, 0.6) is 17.4 Å². The van der Waals surface area contributed by atoms with Gasteiger partial charge >= 0.3 is 12.3 Å². The normalized spacial score (nSPS) is 12.1. The average Bonchev–Trinajstić information content (AvgIpc) is 3.11. The molecule has 174 valence electrons. The van der Waals surface area contributed by atoms with E-state index < -0.39 is 12.3 Å². The molecular formula is C24H18F3N3O4. The topological polar surface area (TPSA) is 85.9 Å². The summed E-state index contributed by atoms with van der Waals surface area (Å²) < 4.78 is 48.1. The Hall–Kier alpha value is -4.34. The first-order chi connectivity index (χ1) is 16.1. The van der Waals surface area contributed by atoms with Crippen LogP contribution in [0.1, 0.15) is 23.0 Å². The van der Waals surface area contributed by atoms with Gasteiger partial charge in [0.15, 0.2) is 0 Å². The minimum absolute atomic E-state index is 0.172. The monoisotopic (exact) mass is 469 g/mol. The number of fused-ring (bicyclic) bond motifs is 1. The van der Waals surface area contributed by atoms with Crippen LogP contribution in [0.25, 0.3) is 10.9 Å². The highest BCUT2D eigenvalue weighted by atomic mass is 19.4. The van der Waals surface area contributed by atoms with Gasteiger partial charge in [-0.3, -0.25) is 4.99 Å². The predicted molar refractivity (Wildman–Crippen MR) is 119 cm³/mol. The van der Waals surface area contributed by atoms with Gasteiger partial charge in [0, 0.05) is 30.3 Å². The number of aromatic carboxylic acids is 1. The summed E-state index contributed by atoms with van der Waals surface area (Å²) >= 11 is 0. The molecule has 4 aromatic rings. The fraction of sp³-hybridized carbons (Fsp3) is 0.125. The summed E-state index contributed by atoms with van der Waals surface area (Å²) in [5.74, 6) is -0.510. The van der Waals surface area contributed by atoms with Crippen molar-refractivity contribution in [3.8, 4) is 17.4 Å². The summed E-state index contributed by atoms with van der Waals surface area (Å²) in [6.45, 7) is 1.73. The van der Waals surface area contributed by atoms with Crippen LogP contribution < -0.4 is 9.47 Å². The number of aromatic nitrogens is 2. The minimum Gasteiger partial charge on any atom is -0.477 e. The molecule has 2 heterocycles. The van der Waals surface area contributed by atoms with Crippen LogP contribution in [0.4, 0.5) is 18.9 Å². The first-order valence-corrected chi connectivity index (χ1v) is 9.97. The molecule has 1 N–H and O–H groups in total. The van der Waals surface area contributed by atoms with Gasteiger partial charge in [0.05, 0.1) is 17.4 Å². The Balaban J connectivity index is 1.47. The van der Waals surface area contributed by atoms with Crippen molar-refractivity contribution in [3.05, 3.63) is 78.1 Å². The van der Waals surface area contributed by atoms with Gasteiger partial charge in [-0.1, -0.05) is 0 Å². The molecule has 0 saturated carbocycles. The number of halogens is 3. The van der Waals surface area contributed by atoms with E-state index in [-0.39, 0.29) is 11.4 Å². The zero-order valence-corrected chi connectivity index (χ0v) is 18.0. The molecule has 2 aromatic carbocycles. The third kappa shape index (κ3) is 5.17. The largest absolute Gasteiger partial charge is 0.573 e. The maximum absolute atomic E-state index is 12.3. The number of aryl methyl sites for hydroxylation is 1. The maximum Gasteiger partial charge on any atom is 0.573 e. The summed E-state index contributed by atoms with van der Waals surface area (Å²) in [5.41, 5.74) is 2.62. The highest BCUT2D eigenvalue weighted by Gasteiger charge is 2.30. The number of pyridine rings is 1. The quantitative estimate of drug-likeness (QED) is 0.345. The lowest BCUT2D eigenvalue weighted by Crippen LogP contribution is -2.17. The molecule has 0 radical (unpaired) electrons. The van der Waals surface area contributed by atoms with Gasteiger partial charge < -0.3 is 19.1 Å². The number of ether oxygens (including phenoxy) is 2. The molecule has 7 nitrogen and oxygen atoms in total. The molecule has 2 aromatic heterocycles. The molecular weight excluding hydrogens is 451 g/mol. The van der Waals surface area contributed by atoms with E-state index in [9.17, 15) is 23.1 Å².